The highest BCUT2D eigenvalue weighted by molar-refractivity contribution is 7.86. The summed E-state index contributed by atoms with van der Waals surface area (Å²) in [5, 5.41) is 0. The summed E-state index contributed by atoms with van der Waals surface area (Å²) in [7, 11) is 2.03. The predicted molar refractivity (Wildman–Crippen MR) is 107 cm³/mol. The summed E-state index contributed by atoms with van der Waals surface area (Å²) in [5.74, 6) is 0.780. The van der Waals surface area contributed by atoms with E-state index in [1.54, 1.807) is 36.4 Å². The van der Waals surface area contributed by atoms with Gasteiger partial charge in [0.1, 0.15) is 13.7 Å². The predicted octanol–water partition coefficient (Wildman–Crippen LogP) is 1.43. The van der Waals surface area contributed by atoms with Crippen LogP contribution in [0, 0.1) is 6.92 Å². The van der Waals surface area contributed by atoms with Gasteiger partial charge in [-0.1, -0.05) is 29.2 Å². The Hall–Kier alpha value is -2.16. The van der Waals surface area contributed by atoms with E-state index in [1.165, 1.54) is 0 Å². The normalized spacial score (nSPS) is 13.1. The van der Waals surface area contributed by atoms with Crippen LogP contribution in [0.1, 0.15) is 18.3 Å². The maximum atomic E-state index is 12.4. The molecule has 0 fully saturated rings. The lowest BCUT2D eigenvalue weighted by atomic mass is 9.96. The lowest BCUT2D eigenvalue weighted by molar-refractivity contribution is 0.300. The van der Waals surface area contributed by atoms with Crippen LogP contribution in [-0.4, -0.2) is 38.5 Å². The Labute approximate surface area is 160 Å². The van der Waals surface area contributed by atoms with Crippen molar-refractivity contribution in [1.82, 2.24) is 9.55 Å². The van der Waals surface area contributed by atoms with Crippen LogP contribution in [-0.2, 0) is 27.3 Å². The lowest BCUT2D eigenvalue weighted by Crippen LogP contribution is -2.21. The van der Waals surface area contributed by atoms with Crippen molar-refractivity contribution in [3.8, 4) is 0 Å². The molecule has 0 amide bonds. The van der Waals surface area contributed by atoms with Crippen molar-refractivity contribution in [2.75, 3.05) is 6.61 Å². The van der Waals surface area contributed by atoms with Crippen molar-refractivity contribution in [3.05, 3.63) is 53.9 Å². The van der Waals surface area contributed by atoms with Crippen molar-refractivity contribution in [1.29, 1.82) is 0 Å². The zero-order valence-corrected chi connectivity index (χ0v) is 16.2. The highest BCUT2D eigenvalue weighted by atomic mass is 32.2. The van der Waals surface area contributed by atoms with E-state index in [-0.39, 0.29) is 17.5 Å². The Balaban J connectivity index is 1.80. The fraction of sp³-hybridized carbons (Fsp3) is 0.316. The molecule has 8 heteroatoms. The highest BCUT2D eigenvalue weighted by Gasteiger charge is 2.17. The molecule has 0 saturated heterocycles. The van der Waals surface area contributed by atoms with Crippen molar-refractivity contribution in [2.24, 2.45) is 5.73 Å². The van der Waals surface area contributed by atoms with Gasteiger partial charge < -0.3 is 10.3 Å². The Bertz CT molecular complexity index is 1040. The quantitative estimate of drug-likeness (QED) is 0.493. The zero-order chi connectivity index (χ0) is 19.6. The number of fused-ring (bicyclic) bond motifs is 1. The van der Waals surface area contributed by atoms with E-state index < -0.39 is 10.1 Å². The van der Waals surface area contributed by atoms with Gasteiger partial charge in [0.2, 0.25) is 0 Å². The first-order valence-corrected chi connectivity index (χ1v) is 10.1. The molecule has 27 heavy (non-hydrogen) atoms. The summed E-state index contributed by atoms with van der Waals surface area (Å²) in [6.07, 6.45) is 0.569. The first kappa shape index (κ1) is 19.6. The van der Waals surface area contributed by atoms with Gasteiger partial charge in [-0.05, 0) is 38.1 Å². The Kier molecular flexibility index (Phi) is 5.69. The summed E-state index contributed by atoms with van der Waals surface area (Å²) in [5.41, 5.74) is 9.16. The number of nitrogens with two attached hydrogens (primary N) is 1. The molecule has 0 aliphatic heterocycles. The van der Waals surface area contributed by atoms with Crippen LogP contribution >= 0.6 is 0 Å². The van der Waals surface area contributed by atoms with E-state index in [9.17, 15) is 8.42 Å². The van der Waals surface area contributed by atoms with E-state index >= 15 is 0 Å². The number of hydrogen-bond acceptors (Lipinski definition) is 5. The van der Waals surface area contributed by atoms with Crippen molar-refractivity contribution in [2.45, 2.75) is 37.8 Å². The van der Waals surface area contributed by atoms with Crippen LogP contribution in [0.2, 0.25) is 0 Å². The molecule has 6 nitrogen and oxygen atoms in total. The number of aryl methyl sites for hydroxylation is 1. The standard InChI is InChI=1S/C19H22BN3O3S/c1-13-3-6-16(7-4-13)27(24,25)26-10-9-23-18-8-5-15(20)12-17(18)22-19(23)11-14(2)21/h3-8,12,14H,9-11,21H2,1-2H3. The monoisotopic (exact) mass is 383 g/mol. The summed E-state index contributed by atoms with van der Waals surface area (Å²) in [6.45, 7) is 4.14. The van der Waals surface area contributed by atoms with Gasteiger partial charge in [-0.2, -0.15) is 8.42 Å². The number of nitrogens with zero attached hydrogens (tertiary/aromatic N) is 2. The van der Waals surface area contributed by atoms with Gasteiger partial charge in [0.15, 0.2) is 0 Å². The van der Waals surface area contributed by atoms with Gasteiger partial charge >= 0.3 is 0 Å². The fourth-order valence-corrected chi connectivity index (χ4v) is 3.80. The van der Waals surface area contributed by atoms with Gasteiger partial charge in [-0.3, -0.25) is 4.18 Å². The number of hydrogen-bond donors (Lipinski definition) is 1. The van der Waals surface area contributed by atoms with Crippen molar-refractivity contribution >= 4 is 34.5 Å². The summed E-state index contributed by atoms with van der Waals surface area (Å²) in [4.78, 5) is 4.74. The highest BCUT2D eigenvalue weighted by Crippen LogP contribution is 2.18. The third-order valence-electron chi connectivity index (χ3n) is 4.22. The van der Waals surface area contributed by atoms with Crippen LogP contribution in [0.5, 0.6) is 0 Å². The van der Waals surface area contributed by atoms with Crippen molar-refractivity contribution < 1.29 is 12.6 Å². The smallest absolute Gasteiger partial charge is 0.297 e. The van der Waals surface area contributed by atoms with Crippen LogP contribution in [0.4, 0.5) is 0 Å². The Morgan fingerprint density at radius 3 is 2.59 bits per heavy atom. The second-order valence-electron chi connectivity index (χ2n) is 6.70. The molecule has 0 aliphatic rings. The molecule has 0 aliphatic carbocycles. The molecule has 0 bridgehead atoms. The van der Waals surface area contributed by atoms with Crippen LogP contribution in [0.15, 0.2) is 47.4 Å². The second-order valence-corrected chi connectivity index (χ2v) is 8.31. The molecule has 2 aromatic carbocycles. The molecule has 1 atom stereocenters. The number of aromatic nitrogens is 2. The third kappa shape index (κ3) is 4.58. The SMILES string of the molecule is [B]c1ccc2c(c1)nc(CC(C)N)n2CCOS(=O)(=O)c1ccc(C)cc1. The van der Waals surface area contributed by atoms with E-state index in [1.807, 2.05) is 24.5 Å². The van der Waals surface area contributed by atoms with E-state index in [0.717, 1.165) is 22.4 Å². The van der Waals surface area contributed by atoms with Gasteiger partial charge in [0.25, 0.3) is 10.1 Å². The number of rotatable bonds is 7. The minimum Gasteiger partial charge on any atom is -0.328 e. The van der Waals surface area contributed by atoms with Gasteiger partial charge in [-0.25, -0.2) is 4.98 Å². The summed E-state index contributed by atoms with van der Waals surface area (Å²) in [6, 6.07) is 11.9. The molecule has 3 rings (SSSR count). The van der Waals surface area contributed by atoms with Crippen LogP contribution in [0.25, 0.3) is 11.0 Å². The van der Waals surface area contributed by atoms with Gasteiger partial charge in [-0.15, -0.1) is 0 Å². The minimum absolute atomic E-state index is 0.00199. The zero-order valence-electron chi connectivity index (χ0n) is 15.4. The Morgan fingerprint density at radius 2 is 1.93 bits per heavy atom. The van der Waals surface area contributed by atoms with Gasteiger partial charge in [0.05, 0.1) is 22.5 Å². The molecule has 140 valence electrons. The molecule has 3 aromatic rings. The third-order valence-corrected chi connectivity index (χ3v) is 5.55. The molecule has 1 heterocycles. The molecule has 2 N–H and O–H groups in total. The van der Waals surface area contributed by atoms with E-state index in [2.05, 4.69) is 4.98 Å². The summed E-state index contributed by atoms with van der Waals surface area (Å²) >= 11 is 0. The molecule has 0 saturated carbocycles. The Morgan fingerprint density at radius 1 is 1.22 bits per heavy atom. The van der Waals surface area contributed by atoms with Gasteiger partial charge in [0, 0.05) is 19.0 Å². The second kappa shape index (κ2) is 7.84. The van der Waals surface area contributed by atoms with Crippen LogP contribution in [0.3, 0.4) is 0 Å². The first-order valence-electron chi connectivity index (χ1n) is 8.72. The average molecular weight is 383 g/mol. The lowest BCUT2D eigenvalue weighted by Gasteiger charge is -2.11. The van der Waals surface area contributed by atoms with E-state index in [4.69, 9.17) is 17.8 Å². The molecular formula is C19H22BN3O3S. The topological polar surface area (TPSA) is 87.2 Å². The number of benzene rings is 2. The maximum Gasteiger partial charge on any atom is 0.297 e. The van der Waals surface area contributed by atoms with Crippen molar-refractivity contribution in [3.63, 3.8) is 0 Å². The van der Waals surface area contributed by atoms with Crippen LogP contribution < -0.4 is 11.2 Å². The average Bonchev–Trinajstić information content (AvgIpc) is 2.91. The molecule has 1 aromatic heterocycles. The van der Waals surface area contributed by atoms with E-state index in [0.29, 0.717) is 18.4 Å². The molecule has 0 spiro atoms. The number of imidazole rings is 1. The first-order chi connectivity index (χ1) is 12.8. The summed E-state index contributed by atoms with van der Waals surface area (Å²) < 4.78 is 31.9. The molecule has 1 unspecified atom stereocenters. The largest absolute Gasteiger partial charge is 0.328 e. The minimum atomic E-state index is -3.80. The maximum absolute atomic E-state index is 12.4. The molecular weight excluding hydrogens is 361 g/mol. The molecule has 2 radical (unpaired) electrons. The fourth-order valence-electron chi connectivity index (χ4n) is 2.90.